The van der Waals surface area contributed by atoms with Crippen LogP contribution in [0.5, 0.6) is 0 Å². The molecule has 4 unspecified atom stereocenters. The number of rotatable bonds is 4. The van der Waals surface area contributed by atoms with Crippen LogP contribution in [-0.4, -0.2) is 13.2 Å². The summed E-state index contributed by atoms with van der Waals surface area (Å²) in [7, 11) is 0. The second-order valence-corrected chi connectivity index (χ2v) is 4.72. The highest BCUT2D eigenvalue weighted by atomic mass is 15.0. The maximum absolute atomic E-state index is 5.40. The number of hydrogen-bond acceptors (Lipinski definition) is 2. The summed E-state index contributed by atoms with van der Waals surface area (Å²) in [5.41, 5.74) is 6.09. The van der Waals surface area contributed by atoms with Crippen molar-refractivity contribution in [3.63, 3.8) is 0 Å². The van der Waals surface area contributed by atoms with Gasteiger partial charge in [0.25, 0.3) is 0 Å². The van der Waals surface area contributed by atoms with Crippen molar-refractivity contribution in [3.05, 3.63) is 0 Å². The molecule has 2 saturated carbocycles. The Kier molecular flexibility index (Phi) is 1.92. The van der Waals surface area contributed by atoms with E-state index in [0.717, 1.165) is 24.3 Å². The molecule has 2 nitrogen and oxygen atoms in total. The van der Waals surface area contributed by atoms with E-state index in [9.17, 15) is 0 Å². The van der Waals surface area contributed by atoms with Gasteiger partial charge in [-0.1, -0.05) is 20.3 Å². The molecule has 2 fully saturated rings. The lowest BCUT2D eigenvalue weighted by Crippen LogP contribution is -2.28. The fourth-order valence-electron chi connectivity index (χ4n) is 3.18. The molecule has 0 spiro atoms. The van der Waals surface area contributed by atoms with Crippen molar-refractivity contribution in [1.82, 2.24) is 5.32 Å². The first-order chi connectivity index (χ1) is 5.73. The molecule has 0 radical (unpaired) electrons. The average molecular weight is 168 g/mol. The van der Waals surface area contributed by atoms with Gasteiger partial charge in [0.05, 0.1) is 0 Å². The van der Waals surface area contributed by atoms with Crippen LogP contribution in [0.4, 0.5) is 0 Å². The molecular weight excluding hydrogens is 148 g/mol. The molecule has 0 bridgehead atoms. The summed E-state index contributed by atoms with van der Waals surface area (Å²) in [6.07, 6.45) is 2.82. The zero-order valence-corrected chi connectivity index (χ0v) is 8.14. The molecule has 0 aromatic heterocycles. The molecule has 12 heavy (non-hydrogen) atoms. The van der Waals surface area contributed by atoms with E-state index < -0.39 is 0 Å². The highest BCUT2D eigenvalue weighted by Gasteiger charge is 2.67. The van der Waals surface area contributed by atoms with Gasteiger partial charge < -0.3 is 11.1 Å². The third-order valence-electron chi connectivity index (χ3n) is 4.17. The molecule has 2 heteroatoms. The highest BCUT2D eigenvalue weighted by molar-refractivity contribution is 5.15. The first kappa shape index (κ1) is 8.52. The van der Waals surface area contributed by atoms with Gasteiger partial charge in [-0.3, -0.25) is 0 Å². The highest BCUT2D eigenvalue weighted by Crippen LogP contribution is 2.72. The van der Waals surface area contributed by atoms with Gasteiger partial charge in [0, 0.05) is 6.67 Å². The molecule has 3 N–H and O–H groups in total. The zero-order valence-electron chi connectivity index (χ0n) is 8.14. The smallest absolute Gasteiger partial charge is 0.0428 e. The van der Waals surface area contributed by atoms with Crippen LogP contribution in [0.15, 0.2) is 0 Å². The SMILES string of the molecule is CCC1(C)CC2C(CNCN)C21. The largest absolute Gasteiger partial charge is 0.318 e. The minimum absolute atomic E-state index is 0.638. The molecule has 0 aliphatic heterocycles. The number of nitrogens with one attached hydrogen (secondary N) is 1. The number of hydrogen-bond donors (Lipinski definition) is 2. The van der Waals surface area contributed by atoms with E-state index in [0.29, 0.717) is 12.1 Å². The maximum atomic E-state index is 5.40. The predicted molar refractivity (Wildman–Crippen MR) is 50.5 cm³/mol. The van der Waals surface area contributed by atoms with Gasteiger partial charge in [-0.05, 0) is 36.1 Å². The van der Waals surface area contributed by atoms with Gasteiger partial charge in [0.1, 0.15) is 0 Å². The second-order valence-electron chi connectivity index (χ2n) is 4.72. The summed E-state index contributed by atoms with van der Waals surface area (Å²) < 4.78 is 0. The monoisotopic (exact) mass is 168 g/mol. The van der Waals surface area contributed by atoms with Crippen molar-refractivity contribution in [2.24, 2.45) is 28.9 Å². The minimum atomic E-state index is 0.638. The van der Waals surface area contributed by atoms with Crippen LogP contribution in [0, 0.1) is 23.2 Å². The van der Waals surface area contributed by atoms with Crippen LogP contribution in [0.1, 0.15) is 26.7 Å². The molecule has 0 amide bonds. The Hall–Kier alpha value is -0.0800. The molecule has 0 aromatic rings. The van der Waals surface area contributed by atoms with Crippen LogP contribution >= 0.6 is 0 Å². The Morgan fingerprint density at radius 2 is 2.33 bits per heavy atom. The van der Waals surface area contributed by atoms with Crippen molar-refractivity contribution < 1.29 is 0 Å². The Morgan fingerprint density at radius 3 is 2.83 bits per heavy atom. The summed E-state index contributed by atoms with van der Waals surface area (Å²) in [5, 5.41) is 3.25. The van der Waals surface area contributed by atoms with Crippen LogP contribution in [0.25, 0.3) is 0 Å². The summed E-state index contributed by atoms with van der Waals surface area (Å²) in [6, 6.07) is 0. The molecule has 0 saturated heterocycles. The maximum Gasteiger partial charge on any atom is 0.0428 e. The van der Waals surface area contributed by atoms with E-state index in [1.165, 1.54) is 12.8 Å². The van der Waals surface area contributed by atoms with E-state index >= 15 is 0 Å². The number of nitrogens with two attached hydrogens (primary N) is 1. The van der Waals surface area contributed by atoms with Gasteiger partial charge >= 0.3 is 0 Å². The van der Waals surface area contributed by atoms with Crippen molar-refractivity contribution >= 4 is 0 Å². The van der Waals surface area contributed by atoms with Crippen LogP contribution in [0.2, 0.25) is 0 Å². The van der Waals surface area contributed by atoms with Crippen molar-refractivity contribution in [2.75, 3.05) is 13.2 Å². The van der Waals surface area contributed by atoms with Gasteiger partial charge in [-0.2, -0.15) is 0 Å². The van der Waals surface area contributed by atoms with Gasteiger partial charge in [0.15, 0.2) is 0 Å². The average Bonchev–Trinajstić information content (AvgIpc) is 2.67. The summed E-state index contributed by atoms with van der Waals surface area (Å²) in [4.78, 5) is 0. The molecule has 2 aliphatic rings. The first-order valence-electron chi connectivity index (χ1n) is 5.13. The Balaban J connectivity index is 1.80. The lowest BCUT2D eigenvalue weighted by molar-refractivity contribution is 0.131. The van der Waals surface area contributed by atoms with Crippen LogP contribution < -0.4 is 11.1 Å². The standard InChI is InChI=1S/C10H20N2/c1-3-10(2)4-7-8(9(7)10)5-12-6-11/h7-9,12H,3-6,11H2,1-2H3. The lowest BCUT2D eigenvalue weighted by Gasteiger charge is -2.36. The molecular formula is C10H20N2. The minimum Gasteiger partial charge on any atom is -0.318 e. The molecule has 2 aliphatic carbocycles. The molecule has 2 rings (SSSR count). The van der Waals surface area contributed by atoms with E-state index in [4.69, 9.17) is 5.73 Å². The Bertz CT molecular complexity index is 181. The topological polar surface area (TPSA) is 38.0 Å². The zero-order chi connectivity index (χ0) is 8.77. The van der Waals surface area contributed by atoms with Gasteiger partial charge in [-0.15, -0.1) is 0 Å². The predicted octanol–water partition coefficient (Wildman–Crippen LogP) is 1.17. The molecule has 0 aromatic carbocycles. The second kappa shape index (κ2) is 2.71. The molecule has 0 heterocycles. The van der Waals surface area contributed by atoms with E-state index in [-0.39, 0.29) is 0 Å². The summed E-state index contributed by atoms with van der Waals surface area (Å²) in [5.74, 6) is 3.04. The normalized spacial score (nSPS) is 49.8. The van der Waals surface area contributed by atoms with E-state index in [2.05, 4.69) is 19.2 Å². The Morgan fingerprint density at radius 1 is 1.58 bits per heavy atom. The fraction of sp³-hybridized carbons (Fsp3) is 1.00. The summed E-state index contributed by atoms with van der Waals surface area (Å²) >= 11 is 0. The number of fused-ring (bicyclic) bond motifs is 1. The fourth-order valence-corrected chi connectivity index (χ4v) is 3.18. The van der Waals surface area contributed by atoms with Gasteiger partial charge in [0.2, 0.25) is 0 Å². The molecule has 4 atom stereocenters. The Labute approximate surface area is 74.9 Å². The quantitative estimate of drug-likeness (QED) is 0.618. The van der Waals surface area contributed by atoms with Crippen molar-refractivity contribution in [1.29, 1.82) is 0 Å². The van der Waals surface area contributed by atoms with Crippen LogP contribution in [-0.2, 0) is 0 Å². The van der Waals surface area contributed by atoms with E-state index in [1.54, 1.807) is 0 Å². The van der Waals surface area contributed by atoms with Crippen LogP contribution in [0.3, 0.4) is 0 Å². The van der Waals surface area contributed by atoms with E-state index in [1.807, 2.05) is 0 Å². The van der Waals surface area contributed by atoms with Crippen molar-refractivity contribution in [3.8, 4) is 0 Å². The van der Waals surface area contributed by atoms with Crippen molar-refractivity contribution in [2.45, 2.75) is 26.7 Å². The van der Waals surface area contributed by atoms with Gasteiger partial charge in [-0.25, -0.2) is 0 Å². The third-order valence-corrected chi connectivity index (χ3v) is 4.17. The lowest BCUT2D eigenvalue weighted by atomic mass is 9.69. The summed E-state index contributed by atoms with van der Waals surface area (Å²) in [6.45, 7) is 6.55. The molecule has 70 valence electrons. The first-order valence-corrected chi connectivity index (χ1v) is 5.13. The third kappa shape index (κ3) is 1.01.